The minimum Gasteiger partial charge on any atom is -0.309 e. The summed E-state index contributed by atoms with van der Waals surface area (Å²) >= 11 is 0. The van der Waals surface area contributed by atoms with Crippen LogP contribution in [0.15, 0.2) is 497 Å². The van der Waals surface area contributed by atoms with Crippen LogP contribution in [0.5, 0.6) is 0 Å². The summed E-state index contributed by atoms with van der Waals surface area (Å²) in [5, 5.41) is 19.4. The predicted octanol–water partition coefficient (Wildman–Crippen LogP) is 34.7. The number of hydrogen-bond acceptors (Lipinski definition) is 4. The Morgan fingerprint density at radius 1 is 0.132 bits per heavy atom. The summed E-state index contributed by atoms with van der Waals surface area (Å²) in [5.74, 6) is 0. The highest BCUT2D eigenvalue weighted by Crippen LogP contribution is 2.50. The van der Waals surface area contributed by atoms with Crippen molar-refractivity contribution in [2.24, 2.45) is 0 Å². The smallest absolute Gasteiger partial charge is 0.0979 e. The lowest BCUT2D eigenvalue weighted by molar-refractivity contribution is 1.20. The van der Waals surface area contributed by atoms with Gasteiger partial charge in [-0.15, -0.1) is 0 Å². The summed E-state index contributed by atoms with van der Waals surface area (Å²) < 4.78 is 4.97. The molecule has 23 aromatic carbocycles. The normalized spacial score (nSPS) is 11.7. The lowest BCUT2D eigenvalue weighted by Gasteiger charge is -2.18. The van der Waals surface area contributed by atoms with Gasteiger partial charge in [0.1, 0.15) is 0 Å². The fraction of sp³-hybridized carbons (Fsp3) is 0. The first-order valence-corrected chi connectivity index (χ1v) is 46.5. The van der Waals surface area contributed by atoms with Crippen molar-refractivity contribution < 1.29 is 0 Å². The number of nitrogens with zero attached hydrogens (tertiary/aromatic N) is 6. The van der Waals surface area contributed by atoms with E-state index in [9.17, 15) is 0 Å². The van der Waals surface area contributed by atoms with Crippen LogP contribution in [-0.4, -0.2) is 29.1 Å². The molecule has 0 bridgehead atoms. The molecule has 0 saturated heterocycles. The summed E-state index contributed by atoms with van der Waals surface area (Å²) in [6, 6.07) is 179. The third kappa shape index (κ3) is 13.6. The number of benzene rings is 23. The average molecular weight is 1730 g/mol. The molecule has 0 fully saturated rings. The number of aromatic nitrogens is 6. The van der Waals surface area contributed by atoms with Gasteiger partial charge in [0, 0.05) is 54.6 Å². The molecule has 0 aliphatic rings. The molecule has 4 aromatic heterocycles. The highest BCUT2D eigenvalue weighted by Gasteiger charge is 2.27. The molecule has 27 aromatic rings. The van der Waals surface area contributed by atoms with E-state index in [-0.39, 0.29) is 0 Å². The molecule has 0 atom stereocenters. The van der Waals surface area contributed by atoms with Crippen LogP contribution in [0.25, 0.3) is 265 Å². The number of para-hydroxylation sites is 4. The summed E-state index contributed by atoms with van der Waals surface area (Å²) in [6.07, 6.45) is 0. The van der Waals surface area contributed by atoms with Crippen LogP contribution in [0.1, 0.15) is 0 Å². The van der Waals surface area contributed by atoms with Crippen molar-refractivity contribution in [2.45, 2.75) is 0 Å². The molecular weight excluding hydrogens is 1650 g/mol. The molecule has 0 unspecified atom stereocenters. The van der Waals surface area contributed by atoms with E-state index < -0.39 is 0 Å². The van der Waals surface area contributed by atoms with Crippen LogP contribution in [0.4, 0.5) is 0 Å². The third-order valence-electron chi connectivity index (χ3n) is 27.5. The Labute approximate surface area is 785 Å². The standard InChI is InChI=1S/C68H43N3.C62H39N3/c1-4-17-44(18-5-1)47-31-33-49(34-32-47)53-27-16-28-58-56(53)36-40-64-66(58)65-54-24-11-10-23-48(54)35-38-63(65)71(64)62-39-37-59(55-25-12-13-26-57(55)62)68-67(69-60-29-14-15-30-61(60)70-68)52-42-50(45-19-6-2-7-20-45)41-51(43-52)46-21-8-3-9-22-46;1-3-15-40(16-4-1)43-20-13-22-45(37-43)46-29-32-50-47(38-46)31-35-58-60(50)59-49-24-8-7-19-42(49)30-34-57(59)65(58)56-36-33-53(51-25-9-10-26-52(51)56)62-61(63-54-27-11-12-28-55(54)64-62)48-23-14-21-44(39-48)41-17-5-2-6-18-41/h1-43H;1-39H. The highest BCUT2D eigenvalue weighted by molar-refractivity contribution is 6.31. The fourth-order valence-corrected chi connectivity index (χ4v) is 21.2. The molecule has 632 valence electrons. The summed E-state index contributed by atoms with van der Waals surface area (Å²) in [5.41, 5.74) is 34.4. The Balaban J connectivity index is 0.000000142. The molecule has 6 heteroatoms. The van der Waals surface area contributed by atoms with E-state index >= 15 is 0 Å². The summed E-state index contributed by atoms with van der Waals surface area (Å²) in [7, 11) is 0. The van der Waals surface area contributed by atoms with Gasteiger partial charge in [-0.1, -0.05) is 388 Å². The van der Waals surface area contributed by atoms with Gasteiger partial charge in [-0.05, 0) is 241 Å². The molecule has 0 N–H and O–H groups in total. The molecule has 0 spiro atoms. The van der Waals surface area contributed by atoms with Crippen LogP contribution in [0.2, 0.25) is 0 Å². The van der Waals surface area contributed by atoms with Gasteiger partial charge in [0.25, 0.3) is 0 Å². The molecule has 0 aliphatic carbocycles. The molecule has 0 saturated carbocycles. The maximum absolute atomic E-state index is 5.52. The van der Waals surface area contributed by atoms with Gasteiger partial charge in [0.2, 0.25) is 0 Å². The third-order valence-corrected chi connectivity index (χ3v) is 27.5. The zero-order chi connectivity index (χ0) is 89.7. The molecular formula is C130H82N6. The van der Waals surface area contributed by atoms with E-state index in [2.05, 4.69) is 482 Å². The Morgan fingerprint density at radius 3 is 0.890 bits per heavy atom. The molecule has 27 rings (SSSR count). The number of hydrogen-bond donors (Lipinski definition) is 0. The van der Waals surface area contributed by atoms with Crippen LogP contribution in [-0.2, 0) is 0 Å². The van der Waals surface area contributed by atoms with E-state index in [1.165, 1.54) is 131 Å². The van der Waals surface area contributed by atoms with Gasteiger partial charge in [-0.2, -0.15) is 0 Å². The van der Waals surface area contributed by atoms with Crippen LogP contribution < -0.4 is 0 Å². The Hall–Kier alpha value is -18.1. The van der Waals surface area contributed by atoms with Crippen LogP contribution in [0.3, 0.4) is 0 Å². The Morgan fingerprint density at radius 2 is 0.412 bits per heavy atom. The molecule has 136 heavy (non-hydrogen) atoms. The van der Waals surface area contributed by atoms with Crippen molar-refractivity contribution in [1.82, 2.24) is 29.1 Å². The molecule has 0 amide bonds. The van der Waals surface area contributed by atoms with Gasteiger partial charge in [0.05, 0.1) is 78.3 Å². The molecule has 0 aliphatic heterocycles. The lowest BCUT2D eigenvalue weighted by atomic mass is 9.92. The zero-order valence-corrected chi connectivity index (χ0v) is 74.0. The largest absolute Gasteiger partial charge is 0.309 e. The minimum atomic E-state index is 0.844. The van der Waals surface area contributed by atoms with E-state index in [0.717, 1.165) is 133 Å². The lowest BCUT2D eigenvalue weighted by Crippen LogP contribution is -1.99. The predicted molar refractivity (Wildman–Crippen MR) is 573 cm³/mol. The first-order chi connectivity index (χ1) is 67.4. The second-order valence-electron chi connectivity index (χ2n) is 35.3. The first-order valence-electron chi connectivity index (χ1n) is 46.5. The van der Waals surface area contributed by atoms with Crippen molar-refractivity contribution >= 4 is 130 Å². The average Bonchev–Trinajstić information content (AvgIpc) is 1.57. The maximum atomic E-state index is 5.52. The van der Waals surface area contributed by atoms with E-state index in [4.69, 9.17) is 19.9 Å². The summed E-state index contributed by atoms with van der Waals surface area (Å²) in [4.78, 5) is 21.8. The van der Waals surface area contributed by atoms with Crippen molar-refractivity contribution in [3.63, 3.8) is 0 Å². The van der Waals surface area contributed by atoms with Crippen molar-refractivity contribution in [2.75, 3.05) is 0 Å². The minimum absolute atomic E-state index is 0.844. The highest BCUT2D eigenvalue weighted by atomic mass is 15.0. The molecule has 0 radical (unpaired) electrons. The SMILES string of the molecule is c1ccc(-c2ccc(-c3cccc4c3ccc3c4c4c5ccccc5ccc4n3-c3ccc(-c4nc5ccccc5nc4-c4cc(-c5ccccc5)cc(-c5ccccc5)c4)c4ccccc34)cc2)cc1.c1ccc(-c2cccc(-c3ccc4c(ccc5c4c4c6ccccc6ccc4n5-c4ccc(-c5nc6ccccc6nc5-c5cccc(-c6ccccc6)c5)c5ccccc45)c3)c2)cc1. The Bertz CT molecular complexity index is 9400. The fourth-order valence-electron chi connectivity index (χ4n) is 21.2. The second-order valence-corrected chi connectivity index (χ2v) is 35.3. The second kappa shape index (κ2) is 33.1. The number of rotatable bonds is 13. The monoisotopic (exact) mass is 1730 g/mol. The van der Waals surface area contributed by atoms with Gasteiger partial charge in [-0.25, -0.2) is 19.9 Å². The van der Waals surface area contributed by atoms with Crippen molar-refractivity contribution in [3.8, 4) is 134 Å². The quantitative estimate of drug-likeness (QED) is 0.115. The van der Waals surface area contributed by atoms with Crippen LogP contribution >= 0.6 is 0 Å². The summed E-state index contributed by atoms with van der Waals surface area (Å²) in [6.45, 7) is 0. The van der Waals surface area contributed by atoms with Gasteiger partial charge < -0.3 is 9.13 Å². The van der Waals surface area contributed by atoms with E-state index in [1.54, 1.807) is 0 Å². The van der Waals surface area contributed by atoms with Crippen molar-refractivity contribution in [1.29, 1.82) is 0 Å². The van der Waals surface area contributed by atoms with Crippen LogP contribution in [0, 0.1) is 0 Å². The van der Waals surface area contributed by atoms with E-state index in [0.29, 0.717) is 0 Å². The number of fused-ring (bicyclic) bond motifs is 18. The van der Waals surface area contributed by atoms with E-state index in [1.807, 2.05) is 24.3 Å². The topological polar surface area (TPSA) is 61.4 Å². The zero-order valence-electron chi connectivity index (χ0n) is 74.0. The molecule has 4 heterocycles. The van der Waals surface area contributed by atoms with Gasteiger partial charge in [0.15, 0.2) is 0 Å². The van der Waals surface area contributed by atoms with Crippen molar-refractivity contribution in [3.05, 3.63) is 497 Å². The van der Waals surface area contributed by atoms with Gasteiger partial charge >= 0.3 is 0 Å². The maximum Gasteiger partial charge on any atom is 0.0979 e. The van der Waals surface area contributed by atoms with Gasteiger partial charge in [-0.3, -0.25) is 0 Å². The molecule has 6 nitrogen and oxygen atoms in total. The Kier molecular flexibility index (Phi) is 19.2. The first kappa shape index (κ1) is 78.9.